The fourth-order valence-electron chi connectivity index (χ4n) is 2.80. The predicted molar refractivity (Wildman–Crippen MR) is 83.7 cm³/mol. The maximum atomic E-state index is 13.4. The number of rotatable bonds is 2. The highest BCUT2D eigenvalue weighted by atomic mass is 79.9. The van der Waals surface area contributed by atoms with Gasteiger partial charge in [-0.1, -0.05) is 25.1 Å². The van der Waals surface area contributed by atoms with E-state index in [9.17, 15) is 8.78 Å². The highest BCUT2D eigenvalue weighted by Gasteiger charge is 2.22. The largest absolute Gasteiger partial charge is 0.342 e. The molecule has 0 spiro atoms. The summed E-state index contributed by atoms with van der Waals surface area (Å²) in [7, 11) is 0. The second-order valence-corrected chi connectivity index (χ2v) is 6.44. The van der Waals surface area contributed by atoms with Gasteiger partial charge >= 0.3 is 0 Å². The van der Waals surface area contributed by atoms with E-state index in [1.807, 2.05) is 0 Å². The standard InChI is InChI=1S/C15H13BrF2N2S/c16-12-13(8-3-1-2-4-8)19-14(20-15(12)21)9-5-10(17)7-11(18)6-9/h5-8H,1-4H2,(H,19,20,21). The fraction of sp³-hybridized carbons (Fsp3) is 0.333. The Morgan fingerprint density at radius 3 is 2.38 bits per heavy atom. The van der Waals surface area contributed by atoms with Gasteiger partial charge in [0.2, 0.25) is 0 Å². The summed E-state index contributed by atoms with van der Waals surface area (Å²) in [4.78, 5) is 7.44. The van der Waals surface area contributed by atoms with E-state index in [0.717, 1.165) is 29.1 Å². The maximum absolute atomic E-state index is 13.4. The molecule has 0 unspecified atom stereocenters. The molecule has 1 heterocycles. The molecular formula is C15H13BrF2N2S. The van der Waals surface area contributed by atoms with Gasteiger partial charge in [-0.3, -0.25) is 0 Å². The number of benzene rings is 1. The number of aromatic amines is 1. The Morgan fingerprint density at radius 1 is 1.14 bits per heavy atom. The van der Waals surface area contributed by atoms with Crippen molar-refractivity contribution in [3.05, 3.63) is 44.6 Å². The van der Waals surface area contributed by atoms with E-state index in [-0.39, 0.29) is 0 Å². The van der Waals surface area contributed by atoms with Gasteiger partial charge in [0.15, 0.2) is 0 Å². The smallest absolute Gasteiger partial charge is 0.144 e. The summed E-state index contributed by atoms with van der Waals surface area (Å²) in [5.41, 5.74) is 1.34. The summed E-state index contributed by atoms with van der Waals surface area (Å²) in [6.45, 7) is 0. The summed E-state index contributed by atoms with van der Waals surface area (Å²) >= 11 is 8.74. The van der Waals surface area contributed by atoms with Crippen molar-refractivity contribution < 1.29 is 8.78 Å². The Hall–Kier alpha value is -1.14. The quantitative estimate of drug-likeness (QED) is 0.706. The first-order valence-corrected chi connectivity index (χ1v) is 8.01. The molecule has 1 aliphatic carbocycles. The summed E-state index contributed by atoms with van der Waals surface area (Å²) in [6, 6.07) is 3.35. The van der Waals surface area contributed by atoms with Crippen LogP contribution in [0.3, 0.4) is 0 Å². The van der Waals surface area contributed by atoms with E-state index in [1.54, 1.807) is 0 Å². The molecule has 3 rings (SSSR count). The van der Waals surface area contributed by atoms with Crippen molar-refractivity contribution in [1.82, 2.24) is 9.97 Å². The van der Waals surface area contributed by atoms with Crippen LogP contribution in [0.15, 0.2) is 22.7 Å². The van der Waals surface area contributed by atoms with Gasteiger partial charge in [-0.05, 0) is 40.9 Å². The van der Waals surface area contributed by atoms with Gasteiger partial charge in [0.05, 0.1) is 4.47 Å². The molecule has 0 bridgehead atoms. The molecule has 110 valence electrons. The molecule has 2 aromatic rings. The van der Waals surface area contributed by atoms with Crippen molar-refractivity contribution in [2.75, 3.05) is 0 Å². The molecule has 6 heteroatoms. The number of H-pyrrole nitrogens is 1. The van der Waals surface area contributed by atoms with E-state index in [1.165, 1.54) is 25.0 Å². The molecular weight excluding hydrogens is 358 g/mol. The van der Waals surface area contributed by atoms with E-state index >= 15 is 0 Å². The van der Waals surface area contributed by atoms with Crippen LogP contribution >= 0.6 is 28.1 Å². The summed E-state index contributed by atoms with van der Waals surface area (Å²) in [6.07, 6.45) is 4.55. The zero-order chi connectivity index (χ0) is 15.0. The van der Waals surface area contributed by atoms with Gasteiger partial charge in [0.25, 0.3) is 0 Å². The van der Waals surface area contributed by atoms with Gasteiger partial charge in [-0.2, -0.15) is 0 Å². The Kier molecular flexibility index (Phi) is 4.17. The number of halogens is 3. The van der Waals surface area contributed by atoms with E-state index in [2.05, 4.69) is 25.9 Å². The van der Waals surface area contributed by atoms with Crippen LogP contribution in [0.1, 0.15) is 37.3 Å². The Bertz CT molecular complexity index is 719. The maximum Gasteiger partial charge on any atom is 0.144 e. The van der Waals surface area contributed by atoms with Crippen molar-refractivity contribution in [3.63, 3.8) is 0 Å². The number of nitrogens with zero attached hydrogens (tertiary/aromatic N) is 1. The van der Waals surface area contributed by atoms with Crippen LogP contribution in [0, 0.1) is 16.3 Å². The van der Waals surface area contributed by atoms with E-state index in [0.29, 0.717) is 21.9 Å². The Labute approximate surface area is 134 Å². The van der Waals surface area contributed by atoms with Crippen molar-refractivity contribution in [3.8, 4) is 11.4 Å². The molecule has 1 N–H and O–H groups in total. The lowest BCUT2D eigenvalue weighted by atomic mass is 10.0. The Balaban J connectivity index is 2.12. The number of hydrogen-bond donors (Lipinski definition) is 1. The minimum Gasteiger partial charge on any atom is -0.342 e. The SMILES string of the molecule is Fc1cc(F)cc(-c2nc(=S)c(Br)c(C3CCCC3)[nH]2)c1. The molecule has 21 heavy (non-hydrogen) atoms. The van der Waals surface area contributed by atoms with Crippen LogP contribution in [0.5, 0.6) is 0 Å². The minimum atomic E-state index is -0.628. The summed E-state index contributed by atoms with van der Waals surface area (Å²) in [5.74, 6) is -0.461. The third kappa shape index (κ3) is 3.06. The summed E-state index contributed by atoms with van der Waals surface area (Å²) < 4.78 is 28.0. The second-order valence-electron chi connectivity index (χ2n) is 5.26. The molecule has 1 fully saturated rings. The monoisotopic (exact) mass is 370 g/mol. The molecule has 2 nitrogen and oxygen atoms in total. The van der Waals surface area contributed by atoms with Gasteiger partial charge in [0, 0.05) is 23.2 Å². The van der Waals surface area contributed by atoms with Gasteiger partial charge in [0.1, 0.15) is 22.1 Å². The van der Waals surface area contributed by atoms with Crippen molar-refractivity contribution in [2.24, 2.45) is 0 Å². The van der Waals surface area contributed by atoms with Crippen molar-refractivity contribution in [1.29, 1.82) is 0 Å². The third-order valence-electron chi connectivity index (χ3n) is 3.79. The molecule has 0 aliphatic heterocycles. The number of aromatic nitrogens is 2. The molecule has 0 radical (unpaired) electrons. The van der Waals surface area contributed by atoms with Crippen LogP contribution in [-0.4, -0.2) is 9.97 Å². The van der Waals surface area contributed by atoms with Crippen molar-refractivity contribution >= 4 is 28.1 Å². The van der Waals surface area contributed by atoms with Crippen LogP contribution in [0.4, 0.5) is 8.78 Å². The van der Waals surface area contributed by atoms with Gasteiger partial charge in [-0.15, -0.1) is 0 Å². The first-order chi connectivity index (χ1) is 10.0. The van der Waals surface area contributed by atoms with Gasteiger partial charge < -0.3 is 4.98 Å². The molecule has 1 aliphatic rings. The van der Waals surface area contributed by atoms with Crippen LogP contribution in [0.2, 0.25) is 0 Å². The minimum absolute atomic E-state index is 0.366. The normalized spacial score (nSPS) is 15.6. The number of nitrogens with one attached hydrogen (secondary N) is 1. The molecule has 1 aromatic carbocycles. The molecule has 0 saturated heterocycles. The van der Waals surface area contributed by atoms with Gasteiger partial charge in [-0.25, -0.2) is 13.8 Å². The topological polar surface area (TPSA) is 28.7 Å². The van der Waals surface area contributed by atoms with Crippen LogP contribution in [0.25, 0.3) is 11.4 Å². The highest BCUT2D eigenvalue weighted by Crippen LogP contribution is 2.37. The zero-order valence-corrected chi connectivity index (χ0v) is 13.5. The molecule has 1 saturated carbocycles. The fourth-order valence-corrected chi connectivity index (χ4v) is 3.51. The summed E-state index contributed by atoms with van der Waals surface area (Å²) in [5, 5.41) is 0. The van der Waals surface area contributed by atoms with E-state index in [4.69, 9.17) is 12.2 Å². The first-order valence-electron chi connectivity index (χ1n) is 6.81. The first kappa shape index (κ1) is 14.8. The van der Waals surface area contributed by atoms with Crippen LogP contribution in [-0.2, 0) is 0 Å². The molecule has 0 atom stereocenters. The van der Waals surface area contributed by atoms with Crippen LogP contribution < -0.4 is 0 Å². The average molecular weight is 371 g/mol. The lowest BCUT2D eigenvalue weighted by Gasteiger charge is -2.14. The highest BCUT2D eigenvalue weighted by molar-refractivity contribution is 9.10. The Morgan fingerprint density at radius 2 is 1.76 bits per heavy atom. The zero-order valence-electron chi connectivity index (χ0n) is 11.1. The lowest BCUT2D eigenvalue weighted by Crippen LogP contribution is -2.03. The number of hydrogen-bond acceptors (Lipinski definition) is 2. The predicted octanol–water partition coefficient (Wildman–Crippen LogP) is 5.50. The lowest BCUT2D eigenvalue weighted by molar-refractivity contribution is 0.584. The third-order valence-corrected chi connectivity index (χ3v) is 5.15. The molecule has 1 aromatic heterocycles. The molecule has 0 amide bonds. The van der Waals surface area contributed by atoms with E-state index < -0.39 is 11.6 Å². The van der Waals surface area contributed by atoms with Crippen molar-refractivity contribution in [2.45, 2.75) is 31.6 Å². The second kappa shape index (κ2) is 5.93. The average Bonchev–Trinajstić information content (AvgIpc) is 2.94.